The molecule has 4 aromatic rings. The molecule has 0 aliphatic rings. The van der Waals surface area contributed by atoms with E-state index >= 15 is 0 Å². The molecule has 1 aromatic carbocycles. The van der Waals surface area contributed by atoms with Crippen molar-refractivity contribution >= 4 is 32.7 Å². The van der Waals surface area contributed by atoms with Gasteiger partial charge in [-0.15, -0.1) is 0 Å². The highest BCUT2D eigenvalue weighted by Gasteiger charge is 2.14. The number of nitrogens with zero attached hydrogens (tertiary/aromatic N) is 4. The summed E-state index contributed by atoms with van der Waals surface area (Å²) in [5, 5.41) is 15.1. The van der Waals surface area contributed by atoms with Gasteiger partial charge in [0.05, 0.1) is 29.0 Å². The van der Waals surface area contributed by atoms with Crippen molar-refractivity contribution in [1.82, 2.24) is 15.0 Å². The van der Waals surface area contributed by atoms with Crippen molar-refractivity contribution in [3.8, 4) is 28.3 Å². The largest absolute Gasteiger partial charge is 0.846 e. The van der Waals surface area contributed by atoms with E-state index in [2.05, 4.69) is 31.3 Å². The summed E-state index contributed by atoms with van der Waals surface area (Å²) in [7, 11) is 1.59. The van der Waals surface area contributed by atoms with E-state index in [1.807, 2.05) is 43.3 Å². The van der Waals surface area contributed by atoms with Crippen LogP contribution in [-0.4, -0.2) is 34.6 Å². The van der Waals surface area contributed by atoms with E-state index < -0.39 is 6.02 Å². The number of rotatable bonds is 5. The minimum Gasteiger partial charge on any atom is -0.846 e. The summed E-state index contributed by atoms with van der Waals surface area (Å²) in [6.07, 6.45) is 3.46. The molecule has 146 valence electrons. The number of benzene rings is 1. The maximum Gasteiger partial charge on any atom is 0.213 e. The number of fused-ring (bicyclic) bond motifs is 1. The maximum atomic E-state index is 11.9. The van der Waals surface area contributed by atoms with Gasteiger partial charge in [0.2, 0.25) is 5.88 Å². The summed E-state index contributed by atoms with van der Waals surface area (Å²) in [5.41, 5.74) is 4.46. The van der Waals surface area contributed by atoms with Gasteiger partial charge in [-0.2, -0.15) is 0 Å². The Kier molecular flexibility index (Phi) is 5.35. The second kappa shape index (κ2) is 8.24. The average molecular weight is 404 g/mol. The molecule has 0 radical (unpaired) electrons. The SMILES string of the molecule is CCN=C([O-])Nc1nc2cc(-c3ccnc(OC)c3)cc(-c3ccccn3)c2s1. The van der Waals surface area contributed by atoms with Gasteiger partial charge in [0.25, 0.3) is 0 Å². The van der Waals surface area contributed by atoms with Gasteiger partial charge in [0, 0.05) is 30.6 Å². The second-order valence-electron chi connectivity index (χ2n) is 6.10. The summed E-state index contributed by atoms with van der Waals surface area (Å²) in [4.78, 5) is 17.1. The van der Waals surface area contributed by atoms with Crippen molar-refractivity contribution in [1.29, 1.82) is 0 Å². The maximum absolute atomic E-state index is 11.9. The van der Waals surface area contributed by atoms with Gasteiger partial charge in [-0.3, -0.25) is 9.98 Å². The molecule has 0 saturated carbocycles. The lowest BCUT2D eigenvalue weighted by Gasteiger charge is -2.09. The van der Waals surface area contributed by atoms with Crippen LogP contribution in [0.25, 0.3) is 32.6 Å². The number of nitrogens with one attached hydrogen (secondary N) is 1. The summed E-state index contributed by atoms with van der Waals surface area (Å²) in [5.74, 6) is 0.536. The number of anilines is 1. The van der Waals surface area contributed by atoms with Crippen LogP contribution in [0.1, 0.15) is 6.92 Å². The fraction of sp³-hybridized carbons (Fsp3) is 0.143. The van der Waals surface area contributed by atoms with Crippen LogP contribution in [0, 0.1) is 0 Å². The van der Waals surface area contributed by atoms with Crippen LogP contribution in [0.5, 0.6) is 5.88 Å². The second-order valence-corrected chi connectivity index (χ2v) is 7.10. The number of aromatic nitrogens is 3. The monoisotopic (exact) mass is 404 g/mol. The van der Waals surface area contributed by atoms with Crippen LogP contribution in [0.4, 0.5) is 5.13 Å². The van der Waals surface area contributed by atoms with E-state index in [0.717, 1.165) is 32.6 Å². The van der Waals surface area contributed by atoms with Crippen LogP contribution in [0.2, 0.25) is 0 Å². The van der Waals surface area contributed by atoms with Gasteiger partial charge in [-0.1, -0.05) is 17.4 Å². The van der Waals surface area contributed by atoms with Gasteiger partial charge < -0.3 is 15.2 Å². The first-order valence-corrected chi connectivity index (χ1v) is 9.84. The first-order valence-electron chi connectivity index (χ1n) is 9.03. The molecule has 3 heterocycles. The Hall–Kier alpha value is -3.52. The average Bonchev–Trinajstić information content (AvgIpc) is 3.16. The molecular weight excluding hydrogens is 386 g/mol. The highest BCUT2D eigenvalue weighted by Crippen LogP contribution is 2.38. The Morgan fingerprint density at radius 1 is 1.14 bits per heavy atom. The molecule has 7 nitrogen and oxygen atoms in total. The highest BCUT2D eigenvalue weighted by atomic mass is 32.1. The smallest absolute Gasteiger partial charge is 0.213 e. The molecule has 0 bridgehead atoms. The van der Waals surface area contributed by atoms with Crippen molar-refractivity contribution in [2.24, 2.45) is 4.99 Å². The van der Waals surface area contributed by atoms with Gasteiger partial charge in [-0.25, -0.2) is 9.97 Å². The molecule has 8 heteroatoms. The van der Waals surface area contributed by atoms with Crippen molar-refractivity contribution in [2.45, 2.75) is 6.92 Å². The zero-order chi connectivity index (χ0) is 20.2. The Morgan fingerprint density at radius 2 is 2.03 bits per heavy atom. The van der Waals surface area contributed by atoms with Crippen molar-refractivity contribution < 1.29 is 9.84 Å². The molecule has 0 aliphatic carbocycles. The van der Waals surface area contributed by atoms with E-state index in [1.165, 1.54) is 11.3 Å². The van der Waals surface area contributed by atoms with Gasteiger partial charge in [0.15, 0.2) is 5.13 Å². The van der Waals surface area contributed by atoms with Crippen LogP contribution in [0.3, 0.4) is 0 Å². The number of hydrogen-bond acceptors (Lipinski definition) is 7. The van der Waals surface area contributed by atoms with Crippen LogP contribution < -0.4 is 15.2 Å². The molecule has 0 aliphatic heterocycles. The standard InChI is InChI=1S/C21H19N5O2S/c1-3-22-20(27)26-21-25-17-11-14(13-7-9-24-18(12-13)28-2)10-15(19(17)29-21)16-6-4-5-8-23-16/h4-12H,3H2,1-2H3,(H2,22,25,26,27)/p-1. The minimum absolute atomic E-state index is 0.398. The number of hydrogen-bond donors (Lipinski definition) is 1. The molecular formula is C21H18N5O2S-. The Labute approximate surface area is 171 Å². The fourth-order valence-electron chi connectivity index (χ4n) is 2.94. The first kappa shape index (κ1) is 18.8. The molecule has 29 heavy (non-hydrogen) atoms. The molecule has 0 saturated heterocycles. The van der Waals surface area contributed by atoms with Gasteiger partial charge in [0.1, 0.15) is 0 Å². The van der Waals surface area contributed by atoms with Crippen molar-refractivity contribution in [3.05, 3.63) is 54.9 Å². The topological polar surface area (TPSA) is 95.4 Å². The molecule has 0 amide bonds. The molecule has 0 unspecified atom stereocenters. The van der Waals surface area contributed by atoms with E-state index in [4.69, 9.17) is 4.74 Å². The van der Waals surface area contributed by atoms with E-state index in [9.17, 15) is 5.11 Å². The Balaban J connectivity index is 1.89. The molecule has 0 spiro atoms. The summed E-state index contributed by atoms with van der Waals surface area (Å²) < 4.78 is 6.20. The lowest BCUT2D eigenvalue weighted by atomic mass is 10.0. The third-order valence-corrected chi connectivity index (χ3v) is 5.24. The van der Waals surface area contributed by atoms with Gasteiger partial charge in [-0.05, 0) is 48.4 Å². The molecule has 4 rings (SSSR count). The predicted molar refractivity (Wildman–Crippen MR) is 114 cm³/mol. The normalized spacial score (nSPS) is 11.6. The van der Waals surface area contributed by atoms with Crippen LogP contribution >= 0.6 is 11.3 Å². The zero-order valence-corrected chi connectivity index (χ0v) is 16.7. The molecule has 0 atom stereocenters. The zero-order valence-electron chi connectivity index (χ0n) is 15.9. The minimum atomic E-state index is -0.398. The van der Waals surface area contributed by atoms with Crippen LogP contribution in [-0.2, 0) is 0 Å². The fourth-order valence-corrected chi connectivity index (χ4v) is 3.90. The molecule has 0 fully saturated rings. The number of aliphatic imine (C=N–C) groups is 1. The first-order chi connectivity index (χ1) is 14.2. The predicted octanol–water partition coefficient (Wildman–Crippen LogP) is 3.58. The van der Waals surface area contributed by atoms with E-state index in [0.29, 0.717) is 17.6 Å². The summed E-state index contributed by atoms with van der Waals surface area (Å²) in [6.45, 7) is 2.23. The van der Waals surface area contributed by atoms with Crippen molar-refractivity contribution in [3.63, 3.8) is 0 Å². The quantitative estimate of drug-likeness (QED) is 0.403. The third kappa shape index (κ3) is 4.02. The molecule has 1 N–H and O–H groups in total. The number of pyridine rings is 2. The summed E-state index contributed by atoms with van der Waals surface area (Å²) in [6, 6.07) is 13.2. The van der Waals surface area contributed by atoms with Crippen molar-refractivity contribution in [2.75, 3.05) is 19.0 Å². The van der Waals surface area contributed by atoms with E-state index in [-0.39, 0.29) is 0 Å². The third-order valence-electron chi connectivity index (χ3n) is 4.22. The van der Waals surface area contributed by atoms with Gasteiger partial charge >= 0.3 is 0 Å². The molecule has 3 aromatic heterocycles. The Bertz CT molecular complexity index is 1170. The lowest BCUT2D eigenvalue weighted by Crippen LogP contribution is -2.27. The number of methoxy groups -OCH3 is 1. The number of thiazole rings is 1. The highest BCUT2D eigenvalue weighted by molar-refractivity contribution is 7.22. The van der Waals surface area contributed by atoms with E-state index in [1.54, 1.807) is 19.5 Å². The number of amidine groups is 1. The van der Waals surface area contributed by atoms with Crippen LogP contribution in [0.15, 0.2) is 59.9 Å². The summed E-state index contributed by atoms with van der Waals surface area (Å²) >= 11 is 1.40. The lowest BCUT2D eigenvalue weighted by molar-refractivity contribution is -0.214. The number of ether oxygens (including phenoxy) is 1. The Morgan fingerprint density at radius 3 is 2.79 bits per heavy atom.